The molecule has 2 fully saturated rings. The molecule has 0 saturated heterocycles. The van der Waals surface area contributed by atoms with Crippen molar-refractivity contribution in [1.82, 2.24) is 20.3 Å². The van der Waals surface area contributed by atoms with Gasteiger partial charge in [0.2, 0.25) is 5.91 Å². The number of aromatic nitrogens is 3. The summed E-state index contributed by atoms with van der Waals surface area (Å²) in [5, 5.41) is 3.16. The summed E-state index contributed by atoms with van der Waals surface area (Å²) in [4.78, 5) is 25.3. The third-order valence-electron chi connectivity index (χ3n) is 5.93. The topological polar surface area (TPSA) is 67.8 Å². The third kappa shape index (κ3) is 3.76. The van der Waals surface area contributed by atoms with Gasteiger partial charge in [0.1, 0.15) is 6.33 Å². The highest BCUT2D eigenvalue weighted by molar-refractivity contribution is 5.81. The number of carbonyl (C=O) groups excluding carboxylic acids is 1. The first kappa shape index (κ1) is 17.1. The molecule has 4 rings (SSSR count). The average Bonchev–Trinajstić information content (AvgIpc) is 3.44. The van der Waals surface area contributed by atoms with E-state index in [-0.39, 0.29) is 11.8 Å². The van der Waals surface area contributed by atoms with Crippen LogP contribution in [0.5, 0.6) is 0 Å². The van der Waals surface area contributed by atoms with Crippen molar-refractivity contribution in [3.05, 3.63) is 42.6 Å². The molecule has 2 aromatic heterocycles. The lowest BCUT2D eigenvalue weighted by molar-refractivity contribution is -0.122. The van der Waals surface area contributed by atoms with Gasteiger partial charge in [-0.3, -0.25) is 9.78 Å². The fourth-order valence-electron chi connectivity index (χ4n) is 4.09. The highest BCUT2D eigenvalue weighted by Crippen LogP contribution is 2.39. The maximum absolute atomic E-state index is 12.0. The van der Waals surface area contributed by atoms with Gasteiger partial charge in [-0.25, -0.2) is 9.97 Å². The van der Waals surface area contributed by atoms with E-state index in [1.54, 1.807) is 6.33 Å². The van der Waals surface area contributed by atoms with E-state index in [0.29, 0.717) is 17.8 Å². The van der Waals surface area contributed by atoms with Gasteiger partial charge >= 0.3 is 0 Å². The number of nitrogens with zero attached hydrogens (tertiary/aromatic N) is 3. The summed E-state index contributed by atoms with van der Waals surface area (Å²) in [6, 6.07) is 5.94. The van der Waals surface area contributed by atoms with E-state index < -0.39 is 0 Å². The van der Waals surface area contributed by atoms with Crippen molar-refractivity contribution in [3.63, 3.8) is 0 Å². The lowest BCUT2D eigenvalue weighted by atomic mass is 9.79. The normalized spacial score (nSPS) is 27.7. The first-order valence-electron chi connectivity index (χ1n) is 9.71. The van der Waals surface area contributed by atoms with Gasteiger partial charge in [-0.1, -0.05) is 13.0 Å². The van der Waals surface area contributed by atoms with Crippen LogP contribution in [0, 0.1) is 17.8 Å². The molecule has 2 atom stereocenters. The second-order valence-corrected chi connectivity index (χ2v) is 7.82. The van der Waals surface area contributed by atoms with E-state index in [1.807, 2.05) is 30.6 Å². The summed E-state index contributed by atoms with van der Waals surface area (Å²) < 4.78 is 0. The van der Waals surface area contributed by atoms with Crippen molar-refractivity contribution in [2.24, 2.45) is 17.8 Å². The zero-order valence-electron chi connectivity index (χ0n) is 15.3. The molecule has 0 spiro atoms. The number of hydrogen-bond donors (Lipinski definition) is 1. The highest BCUT2D eigenvalue weighted by Gasteiger charge is 2.39. The first-order chi connectivity index (χ1) is 12.7. The zero-order chi connectivity index (χ0) is 17.9. The van der Waals surface area contributed by atoms with Gasteiger partial charge < -0.3 is 5.32 Å². The number of hydrogen-bond acceptors (Lipinski definition) is 4. The van der Waals surface area contributed by atoms with Crippen LogP contribution in [-0.4, -0.2) is 27.4 Å². The molecule has 5 heteroatoms. The van der Waals surface area contributed by atoms with Crippen LogP contribution in [0.4, 0.5) is 0 Å². The van der Waals surface area contributed by atoms with Gasteiger partial charge in [0, 0.05) is 36.3 Å². The Labute approximate surface area is 154 Å². The molecule has 1 N–H and O–H groups in total. The molecule has 0 unspecified atom stereocenters. The van der Waals surface area contributed by atoms with E-state index >= 15 is 0 Å². The van der Waals surface area contributed by atoms with Crippen molar-refractivity contribution >= 4 is 5.91 Å². The summed E-state index contributed by atoms with van der Waals surface area (Å²) >= 11 is 0. The van der Waals surface area contributed by atoms with Crippen molar-refractivity contribution in [3.8, 4) is 11.3 Å². The fourth-order valence-corrected chi connectivity index (χ4v) is 4.09. The summed E-state index contributed by atoms with van der Waals surface area (Å²) in [7, 11) is 0. The molecule has 2 heterocycles. The molecule has 0 bridgehead atoms. The van der Waals surface area contributed by atoms with Crippen LogP contribution in [0.3, 0.4) is 0 Å². The van der Waals surface area contributed by atoms with Gasteiger partial charge in [-0.05, 0) is 56.1 Å². The number of nitrogens with one attached hydrogen (secondary N) is 1. The second-order valence-electron chi connectivity index (χ2n) is 7.82. The van der Waals surface area contributed by atoms with Crippen LogP contribution >= 0.6 is 0 Å². The van der Waals surface area contributed by atoms with Crippen LogP contribution in [0.25, 0.3) is 11.3 Å². The Morgan fingerprint density at radius 3 is 2.69 bits per heavy atom. The van der Waals surface area contributed by atoms with E-state index in [1.165, 1.54) is 0 Å². The predicted octanol–water partition coefficient (Wildman–Crippen LogP) is 3.58. The summed E-state index contributed by atoms with van der Waals surface area (Å²) in [6.45, 7) is 2.97. The third-order valence-corrected chi connectivity index (χ3v) is 5.93. The Balaban J connectivity index is 1.36. The quantitative estimate of drug-likeness (QED) is 0.895. The fraction of sp³-hybridized carbons (Fsp3) is 0.524. The second kappa shape index (κ2) is 7.52. The Morgan fingerprint density at radius 1 is 1.19 bits per heavy atom. The van der Waals surface area contributed by atoms with Crippen LogP contribution in [-0.2, 0) is 4.79 Å². The molecule has 136 valence electrons. The van der Waals surface area contributed by atoms with Gasteiger partial charge in [-0.2, -0.15) is 0 Å². The molecule has 26 heavy (non-hydrogen) atoms. The van der Waals surface area contributed by atoms with Crippen LogP contribution in [0.2, 0.25) is 0 Å². The molecule has 0 aromatic carbocycles. The van der Waals surface area contributed by atoms with E-state index in [4.69, 9.17) is 0 Å². The monoisotopic (exact) mass is 350 g/mol. The Morgan fingerprint density at radius 2 is 2.00 bits per heavy atom. The zero-order valence-corrected chi connectivity index (χ0v) is 15.3. The van der Waals surface area contributed by atoms with Crippen molar-refractivity contribution in [2.45, 2.75) is 44.9 Å². The number of carbonyl (C=O) groups is 1. The van der Waals surface area contributed by atoms with Crippen LogP contribution < -0.4 is 5.32 Å². The molecule has 2 aromatic rings. The van der Waals surface area contributed by atoms with Crippen molar-refractivity contribution in [1.29, 1.82) is 0 Å². The maximum Gasteiger partial charge on any atom is 0.223 e. The maximum atomic E-state index is 12.0. The van der Waals surface area contributed by atoms with E-state index in [0.717, 1.165) is 55.6 Å². The molecule has 2 aliphatic rings. The van der Waals surface area contributed by atoms with Crippen molar-refractivity contribution < 1.29 is 4.79 Å². The predicted molar refractivity (Wildman–Crippen MR) is 100 cm³/mol. The van der Waals surface area contributed by atoms with Gasteiger partial charge in [0.05, 0.1) is 11.4 Å². The number of rotatable bonds is 5. The lowest BCUT2D eigenvalue weighted by Gasteiger charge is -2.29. The Kier molecular flexibility index (Phi) is 4.96. The Bertz CT molecular complexity index is 756. The Hall–Kier alpha value is -2.30. The van der Waals surface area contributed by atoms with Gasteiger partial charge in [0.15, 0.2) is 0 Å². The molecular formula is C21H26N4O. The van der Waals surface area contributed by atoms with E-state index in [9.17, 15) is 4.79 Å². The minimum absolute atomic E-state index is 0.257. The summed E-state index contributed by atoms with van der Waals surface area (Å²) in [5.41, 5.74) is 3.11. The first-order valence-corrected chi connectivity index (χ1v) is 9.71. The molecular weight excluding hydrogens is 324 g/mol. The standard InChI is InChI=1S/C21H26N4O/c1-14-10-17(14)21(26)24-11-15-5-7-16(8-6-15)20-18(12-22-13-25-20)19-4-2-3-9-23-19/h2-4,9,12-17H,5-8,10-11H2,1H3,(H,24,26)/t14-,15?,16?,17-/m0/s1. The lowest BCUT2D eigenvalue weighted by Crippen LogP contribution is -2.32. The number of pyridine rings is 1. The minimum Gasteiger partial charge on any atom is -0.356 e. The smallest absolute Gasteiger partial charge is 0.223 e. The molecule has 0 radical (unpaired) electrons. The van der Waals surface area contributed by atoms with Crippen LogP contribution in [0.1, 0.15) is 50.6 Å². The molecule has 1 amide bonds. The molecule has 0 aliphatic heterocycles. The van der Waals surface area contributed by atoms with Gasteiger partial charge in [-0.15, -0.1) is 0 Å². The molecule has 2 aliphatic carbocycles. The van der Waals surface area contributed by atoms with Gasteiger partial charge in [0.25, 0.3) is 0 Å². The van der Waals surface area contributed by atoms with Crippen LogP contribution in [0.15, 0.2) is 36.9 Å². The number of amides is 1. The van der Waals surface area contributed by atoms with Crippen molar-refractivity contribution in [2.75, 3.05) is 6.54 Å². The summed E-state index contributed by atoms with van der Waals surface area (Å²) in [6.07, 6.45) is 10.9. The summed E-state index contributed by atoms with van der Waals surface area (Å²) in [5.74, 6) is 2.14. The highest BCUT2D eigenvalue weighted by atomic mass is 16.2. The van der Waals surface area contributed by atoms with E-state index in [2.05, 4.69) is 27.2 Å². The molecule has 5 nitrogen and oxygen atoms in total. The molecule has 2 saturated carbocycles. The largest absolute Gasteiger partial charge is 0.356 e. The SMILES string of the molecule is C[C@H]1C[C@@H]1C(=O)NCC1CCC(c2ncncc2-c2ccccn2)CC1. The average molecular weight is 350 g/mol. The minimum atomic E-state index is 0.257.